The average molecular weight is 464 g/mol. The van der Waals surface area contributed by atoms with Gasteiger partial charge in [0.2, 0.25) is 5.91 Å². The van der Waals surface area contributed by atoms with Gasteiger partial charge in [-0.1, -0.05) is 60.1 Å². The van der Waals surface area contributed by atoms with Crippen molar-refractivity contribution >= 4 is 34.8 Å². The molecule has 3 atom stereocenters. The Labute approximate surface area is 194 Å². The van der Waals surface area contributed by atoms with Crippen molar-refractivity contribution in [2.24, 2.45) is 5.92 Å². The van der Waals surface area contributed by atoms with E-state index in [9.17, 15) is 19.7 Å². The number of amides is 2. The summed E-state index contributed by atoms with van der Waals surface area (Å²) in [4.78, 5) is 44.9. The number of para-hydroxylation sites is 1. The van der Waals surface area contributed by atoms with Crippen molar-refractivity contribution < 1.29 is 19.3 Å². The molecular formula is C24H18ClN3O5. The minimum Gasteiger partial charge on any atom is -0.275 e. The monoisotopic (exact) mass is 463 g/mol. The van der Waals surface area contributed by atoms with Crippen molar-refractivity contribution in [2.45, 2.75) is 18.7 Å². The lowest BCUT2D eigenvalue weighted by Crippen LogP contribution is -2.37. The van der Waals surface area contributed by atoms with Gasteiger partial charge in [0.25, 0.3) is 11.6 Å². The lowest BCUT2D eigenvalue weighted by molar-refractivity contribution is -0.384. The highest BCUT2D eigenvalue weighted by molar-refractivity contribution is 6.31. The Morgan fingerprint density at radius 2 is 1.61 bits per heavy atom. The number of nitrogens with zero attached hydrogens (tertiary/aromatic N) is 3. The fraction of sp³-hybridized carbons (Fsp3) is 0.167. The summed E-state index contributed by atoms with van der Waals surface area (Å²) in [5.41, 5.74) is 1.60. The van der Waals surface area contributed by atoms with E-state index in [-0.39, 0.29) is 17.3 Å². The Kier molecular flexibility index (Phi) is 5.32. The van der Waals surface area contributed by atoms with Crippen LogP contribution in [0.4, 0.5) is 11.4 Å². The van der Waals surface area contributed by atoms with Crippen LogP contribution in [0.1, 0.15) is 17.2 Å². The summed E-state index contributed by atoms with van der Waals surface area (Å²) in [5, 5.41) is 13.1. The molecule has 2 aliphatic heterocycles. The van der Waals surface area contributed by atoms with Crippen molar-refractivity contribution in [2.75, 3.05) is 5.06 Å². The molecule has 2 saturated heterocycles. The lowest BCUT2D eigenvalue weighted by Gasteiger charge is -2.29. The van der Waals surface area contributed by atoms with E-state index in [0.29, 0.717) is 11.3 Å². The van der Waals surface area contributed by atoms with E-state index in [1.165, 1.54) is 28.2 Å². The van der Waals surface area contributed by atoms with Crippen LogP contribution in [0.5, 0.6) is 0 Å². The molecule has 3 aromatic carbocycles. The van der Waals surface area contributed by atoms with E-state index in [1.807, 2.05) is 36.4 Å². The summed E-state index contributed by atoms with van der Waals surface area (Å²) < 4.78 is 0. The molecule has 33 heavy (non-hydrogen) atoms. The molecule has 0 unspecified atom stereocenters. The van der Waals surface area contributed by atoms with Gasteiger partial charge in [-0.05, 0) is 23.8 Å². The molecule has 0 spiro atoms. The summed E-state index contributed by atoms with van der Waals surface area (Å²) in [7, 11) is 0. The Hall–Kier alpha value is -3.75. The van der Waals surface area contributed by atoms with E-state index in [2.05, 4.69) is 0 Å². The number of nitro benzene ring substituents is 1. The number of carbonyl (C=O) groups is 2. The summed E-state index contributed by atoms with van der Waals surface area (Å²) in [6.07, 6.45) is -1.05. The van der Waals surface area contributed by atoms with Gasteiger partial charge in [0.15, 0.2) is 6.10 Å². The highest BCUT2D eigenvalue weighted by Crippen LogP contribution is 2.49. The van der Waals surface area contributed by atoms with Gasteiger partial charge in [0.05, 0.1) is 23.2 Å². The van der Waals surface area contributed by atoms with Gasteiger partial charge < -0.3 is 0 Å². The first-order valence-electron chi connectivity index (χ1n) is 10.3. The molecule has 166 valence electrons. The van der Waals surface area contributed by atoms with E-state index in [1.54, 1.807) is 24.3 Å². The maximum Gasteiger partial charge on any atom is 0.269 e. The fourth-order valence-corrected chi connectivity index (χ4v) is 4.61. The normalized spacial score (nSPS) is 22.0. The number of benzene rings is 3. The standard InChI is InChI=1S/C24H18ClN3O5/c25-19-12-11-17(28(31)32)13-18(19)21-20-22(33-27(21)16-9-5-2-6-10-16)24(30)26(23(20)29)14-15-7-3-1-4-8-15/h1-13,20-22H,14H2/t20-,21-,22-/m0/s1. The largest absolute Gasteiger partial charge is 0.275 e. The van der Waals surface area contributed by atoms with Gasteiger partial charge in [0, 0.05) is 22.7 Å². The van der Waals surface area contributed by atoms with Crippen molar-refractivity contribution in [1.29, 1.82) is 0 Å². The van der Waals surface area contributed by atoms with Crippen LogP contribution in [0.15, 0.2) is 78.9 Å². The van der Waals surface area contributed by atoms with Crippen LogP contribution in [-0.4, -0.2) is 27.7 Å². The molecule has 3 aromatic rings. The molecule has 0 aliphatic carbocycles. The van der Waals surface area contributed by atoms with Gasteiger partial charge in [-0.15, -0.1) is 0 Å². The Balaban J connectivity index is 1.58. The van der Waals surface area contributed by atoms with Crippen LogP contribution < -0.4 is 5.06 Å². The van der Waals surface area contributed by atoms with Crippen LogP contribution in [0.2, 0.25) is 5.02 Å². The number of hydrogen-bond donors (Lipinski definition) is 0. The average Bonchev–Trinajstić information content (AvgIpc) is 3.32. The summed E-state index contributed by atoms with van der Waals surface area (Å²) >= 11 is 6.46. The second-order valence-corrected chi connectivity index (χ2v) is 8.28. The van der Waals surface area contributed by atoms with Crippen LogP contribution in [0, 0.1) is 16.0 Å². The number of likely N-dealkylation sites (tertiary alicyclic amines) is 1. The number of fused-ring (bicyclic) bond motifs is 1. The van der Waals surface area contributed by atoms with Crippen LogP contribution in [0.3, 0.4) is 0 Å². The number of hydroxylamine groups is 1. The summed E-state index contributed by atoms with van der Waals surface area (Å²) in [6.45, 7) is 0.121. The van der Waals surface area contributed by atoms with E-state index < -0.39 is 34.8 Å². The predicted molar refractivity (Wildman–Crippen MR) is 120 cm³/mol. The molecule has 2 aliphatic rings. The van der Waals surface area contributed by atoms with Gasteiger partial charge >= 0.3 is 0 Å². The van der Waals surface area contributed by atoms with E-state index >= 15 is 0 Å². The lowest BCUT2D eigenvalue weighted by atomic mass is 9.90. The SMILES string of the molecule is O=C1[C@@H]2[C@H](ON(c3ccccc3)[C@H]2c2cc([N+](=O)[O-])ccc2Cl)C(=O)N1Cc1ccccc1. The van der Waals surface area contributed by atoms with Crippen LogP contribution in [0.25, 0.3) is 0 Å². The van der Waals surface area contributed by atoms with Crippen molar-refractivity contribution in [3.05, 3.63) is 105 Å². The Morgan fingerprint density at radius 3 is 2.27 bits per heavy atom. The quantitative estimate of drug-likeness (QED) is 0.318. The second-order valence-electron chi connectivity index (χ2n) is 7.87. The van der Waals surface area contributed by atoms with Gasteiger partial charge in [-0.2, -0.15) is 0 Å². The minimum absolute atomic E-state index is 0.121. The van der Waals surface area contributed by atoms with E-state index in [4.69, 9.17) is 16.4 Å². The molecule has 0 bridgehead atoms. The number of anilines is 1. The van der Waals surface area contributed by atoms with Crippen LogP contribution in [-0.2, 0) is 21.0 Å². The van der Waals surface area contributed by atoms with E-state index in [0.717, 1.165) is 5.56 Å². The number of non-ortho nitro benzene ring substituents is 1. The molecule has 2 heterocycles. The first-order chi connectivity index (χ1) is 16.0. The Bertz CT molecular complexity index is 1240. The fourth-order valence-electron chi connectivity index (χ4n) is 4.38. The number of nitro groups is 1. The molecule has 8 nitrogen and oxygen atoms in total. The first kappa shape index (κ1) is 21.1. The van der Waals surface area contributed by atoms with Crippen molar-refractivity contribution in [3.8, 4) is 0 Å². The third-order valence-electron chi connectivity index (χ3n) is 5.91. The summed E-state index contributed by atoms with van der Waals surface area (Å²) in [5.74, 6) is -1.75. The topological polar surface area (TPSA) is 93.0 Å². The molecule has 2 fully saturated rings. The Morgan fingerprint density at radius 1 is 0.939 bits per heavy atom. The second kappa shape index (κ2) is 8.31. The molecule has 0 N–H and O–H groups in total. The van der Waals surface area contributed by atoms with Crippen LogP contribution >= 0.6 is 11.6 Å². The smallest absolute Gasteiger partial charge is 0.269 e. The predicted octanol–water partition coefficient (Wildman–Crippen LogP) is 4.29. The van der Waals surface area contributed by atoms with Crippen molar-refractivity contribution in [3.63, 3.8) is 0 Å². The zero-order valence-corrected chi connectivity index (χ0v) is 18.0. The molecule has 2 amide bonds. The molecule has 5 rings (SSSR count). The molecule has 0 saturated carbocycles. The van der Waals surface area contributed by atoms with Crippen molar-refractivity contribution in [1.82, 2.24) is 4.90 Å². The maximum absolute atomic E-state index is 13.5. The molecule has 9 heteroatoms. The minimum atomic E-state index is -1.05. The first-order valence-corrected chi connectivity index (χ1v) is 10.7. The molecule has 0 radical (unpaired) electrons. The van der Waals surface area contributed by atoms with Gasteiger partial charge in [0.1, 0.15) is 5.92 Å². The number of hydrogen-bond acceptors (Lipinski definition) is 6. The van der Waals surface area contributed by atoms with Gasteiger partial charge in [-0.3, -0.25) is 29.4 Å². The molecule has 0 aromatic heterocycles. The third kappa shape index (κ3) is 3.63. The molecular weight excluding hydrogens is 446 g/mol. The highest BCUT2D eigenvalue weighted by atomic mass is 35.5. The number of rotatable bonds is 5. The number of imide groups is 1. The van der Waals surface area contributed by atoms with Gasteiger partial charge in [-0.25, -0.2) is 5.06 Å². The third-order valence-corrected chi connectivity index (χ3v) is 6.25. The number of halogens is 1. The highest BCUT2D eigenvalue weighted by Gasteiger charge is 2.60. The summed E-state index contributed by atoms with van der Waals surface area (Å²) in [6, 6.07) is 21.4. The maximum atomic E-state index is 13.5. The number of carbonyl (C=O) groups excluding carboxylic acids is 2. The zero-order valence-electron chi connectivity index (χ0n) is 17.2. The zero-order chi connectivity index (χ0) is 23.1.